The molecule has 3 aromatic rings. The fourth-order valence-corrected chi connectivity index (χ4v) is 3.99. The molecule has 2 N–H and O–H groups in total. The van der Waals surface area contributed by atoms with Crippen LogP contribution >= 0.6 is 0 Å². The zero-order chi connectivity index (χ0) is 19.5. The average Bonchev–Trinajstić information content (AvgIpc) is 3.15. The van der Waals surface area contributed by atoms with E-state index in [-0.39, 0.29) is 6.61 Å². The Morgan fingerprint density at radius 2 is 2.07 bits per heavy atom. The van der Waals surface area contributed by atoms with Crippen molar-refractivity contribution in [1.29, 1.82) is 0 Å². The van der Waals surface area contributed by atoms with Crippen LogP contribution in [0.15, 0.2) is 41.2 Å². The van der Waals surface area contributed by atoms with E-state index >= 15 is 0 Å². The van der Waals surface area contributed by atoms with Gasteiger partial charge >= 0.3 is 6.09 Å². The number of benzene rings is 1. The van der Waals surface area contributed by atoms with Crippen LogP contribution < -0.4 is 0 Å². The third-order valence-corrected chi connectivity index (χ3v) is 5.62. The molecular weight excluding hydrogens is 358 g/mol. The highest BCUT2D eigenvalue weighted by molar-refractivity contribution is 5.89. The Morgan fingerprint density at radius 1 is 1.25 bits per heavy atom. The minimum absolute atomic E-state index is 0.135. The molecule has 0 radical (unpaired) electrons. The van der Waals surface area contributed by atoms with Crippen LogP contribution in [-0.2, 0) is 13.0 Å². The lowest BCUT2D eigenvalue weighted by Crippen LogP contribution is -2.37. The van der Waals surface area contributed by atoms with E-state index in [9.17, 15) is 9.90 Å². The number of nitrogens with zero attached hydrogens (tertiary/aromatic N) is 3. The highest BCUT2D eigenvalue weighted by Gasteiger charge is 2.23. The SMILES string of the molecule is O=C(O)N1CCC(CCc2noc3c(CO)c(-c4cccnc4)ccc23)CC1. The number of piperidine rings is 1. The monoisotopic (exact) mass is 381 g/mol. The highest BCUT2D eigenvalue weighted by atomic mass is 16.5. The number of pyridine rings is 1. The fourth-order valence-electron chi connectivity index (χ4n) is 3.99. The first-order chi connectivity index (χ1) is 13.7. The quantitative estimate of drug-likeness (QED) is 0.699. The maximum atomic E-state index is 11.0. The zero-order valence-corrected chi connectivity index (χ0v) is 15.5. The number of carbonyl (C=O) groups is 1. The number of aliphatic hydroxyl groups is 1. The van der Waals surface area contributed by atoms with Gasteiger partial charge in [-0.05, 0) is 49.3 Å². The van der Waals surface area contributed by atoms with Gasteiger partial charge in [-0.3, -0.25) is 4.98 Å². The van der Waals surface area contributed by atoms with Crippen molar-refractivity contribution in [1.82, 2.24) is 15.0 Å². The van der Waals surface area contributed by atoms with Crippen LogP contribution in [0.3, 0.4) is 0 Å². The van der Waals surface area contributed by atoms with E-state index in [1.54, 1.807) is 12.4 Å². The normalized spacial score (nSPS) is 15.2. The summed E-state index contributed by atoms with van der Waals surface area (Å²) in [7, 11) is 0. The Kier molecular flexibility index (Phi) is 5.25. The summed E-state index contributed by atoms with van der Waals surface area (Å²) in [6, 6.07) is 7.79. The van der Waals surface area contributed by atoms with E-state index in [1.807, 2.05) is 24.3 Å². The molecule has 0 spiro atoms. The number of aromatic nitrogens is 2. The van der Waals surface area contributed by atoms with Crippen molar-refractivity contribution in [3.05, 3.63) is 47.9 Å². The number of likely N-dealkylation sites (tertiary alicyclic amines) is 1. The first kappa shape index (κ1) is 18.4. The number of hydrogen-bond donors (Lipinski definition) is 2. The maximum absolute atomic E-state index is 11.0. The maximum Gasteiger partial charge on any atom is 0.407 e. The third kappa shape index (κ3) is 3.57. The molecule has 146 valence electrons. The molecule has 1 aliphatic rings. The van der Waals surface area contributed by atoms with E-state index in [2.05, 4.69) is 10.1 Å². The summed E-state index contributed by atoms with van der Waals surface area (Å²) in [6.45, 7) is 1.06. The zero-order valence-electron chi connectivity index (χ0n) is 15.5. The first-order valence-electron chi connectivity index (χ1n) is 9.56. The van der Waals surface area contributed by atoms with Gasteiger partial charge in [0.25, 0.3) is 0 Å². The Morgan fingerprint density at radius 3 is 2.75 bits per heavy atom. The molecule has 0 aliphatic carbocycles. The summed E-state index contributed by atoms with van der Waals surface area (Å²) in [5, 5.41) is 24.2. The van der Waals surface area contributed by atoms with Gasteiger partial charge in [-0.1, -0.05) is 17.3 Å². The molecule has 0 atom stereocenters. The topological polar surface area (TPSA) is 99.7 Å². The van der Waals surface area contributed by atoms with Crippen LogP contribution in [0.25, 0.3) is 22.1 Å². The van der Waals surface area contributed by atoms with Gasteiger partial charge in [0.05, 0.1) is 12.3 Å². The van der Waals surface area contributed by atoms with Crippen LogP contribution in [0, 0.1) is 5.92 Å². The lowest BCUT2D eigenvalue weighted by molar-refractivity contribution is 0.123. The molecule has 3 heterocycles. The summed E-state index contributed by atoms with van der Waals surface area (Å²) < 4.78 is 5.61. The summed E-state index contributed by atoms with van der Waals surface area (Å²) in [6.07, 6.45) is 6.15. The molecule has 1 aliphatic heterocycles. The van der Waals surface area contributed by atoms with Gasteiger partial charge in [0.1, 0.15) is 0 Å². The summed E-state index contributed by atoms with van der Waals surface area (Å²) >= 11 is 0. The standard InChI is InChI=1S/C21H23N3O4/c25-13-18-16(15-2-1-9-22-12-15)4-5-17-19(23-28-20(17)18)6-3-14-7-10-24(11-8-14)21(26)27/h1-2,4-5,9,12,14,25H,3,6-8,10-11,13H2,(H,26,27). The van der Waals surface area contributed by atoms with Crippen LogP contribution in [-0.4, -0.2) is 44.4 Å². The number of rotatable bonds is 5. The summed E-state index contributed by atoms with van der Waals surface area (Å²) in [5.41, 5.74) is 4.06. The predicted octanol–water partition coefficient (Wildman–Crippen LogP) is 3.70. The van der Waals surface area contributed by atoms with Crippen molar-refractivity contribution in [3.8, 4) is 11.1 Å². The van der Waals surface area contributed by atoms with Gasteiger partial charge in [0, 0.05) is 42.0 Å². The molecule has 0 saturated carbocycles. The number of hydrogen-bond acceptors (Lipinski definition) is 5. The summed E-state index contributed by atoms with van der Waals surface area (Å²) in [4.78, 5) is 16.7. The molecule has 0 unspecified atom stereocenters. The van der Waals surface area contributed by atoms with Crippen molar-refractivity contribution in [2.45, 2.75) is 32.3 Å². The second-order valence-corrected chi connectivity index (χ2v) is 7.25. The number of aliphatic hydroxyl groups excluding tert-OH is 1. The Labute approximate surface area is 162 Å². The van der Waals surface area contributed by atoms with Gasteiger partial charge in [0.2, 0.25) is 0 Å². The van der Waals surface area contributed by atoms with Crippen molar-refractivity contribution in [3.63, 3.8) is 0 Å². The summed E-state index contributed by atoms with van der Waals surface area (Å²) in [5.74, 6) is 0.495. The van der Waals surface area contributed by atoms with Crippen LogP contribution in [0.2, 0.25) is 0 Å². The first-order valence-corrected chi connectivity index (χ1v) is 9.56. The van der Waals surface area contributed by atoms with Crippen LogP contribution in [0.1, 0.15) is 30.5 Å². The number of aryl methyl sites for hydroxylation is 1. The van der Waals surface area contributed by atoms with Crippen LogP contribution in [0.4, 0.5) is 4.79 Å². The van der Waals surface area contributed by atoms with Gasteiger partial charge in [-0.25, -0.2) is 4.79 Å². The fraction of sp³-hybridized carbons (Fsp3) is 0.381. The van der Waals surface area contributed by atoms with Gasteiger partial charge in [-0.15, -0.1) is 0 Å². The van der Waals surface area contributed by atoms with E-state index in [0.717, 1.165) is 53.5 Å². The molecule has 28 heavy (non-hydrogen) atoms. The minimum Gasteiger partial charge on any atom is -0.465 e. The Bertz CT molecular complexity index is 962. The molecule has 7 heteroatoms. The van der Waals surface area contributed by atoms with E-state index < -0.39 is 6.09 Å². The third-order valence-electron chi connectivity index (χ3n) is 5.62. The molecule has 2 aromatic heterocycles. The number of carboxylic acid groups (broad SMARTS) is 1. The molecule has 1 aromatic carbocycles. The van der Waals surface area contributed by atoms with Crippen molar-refractivity contribution in [2.24, 2.45) is 5.92 Å². The molecule has 1 saturated heterocycles. The largest absolute Gasteiger partial charge is 0.465 e. The van der Waals surface area contributed by atoms with Crippen molar-refractivity contribution < 1.29 is 19.5 Å². The second kappa shape index (κ2) is 7.98. The second-order valence-electron chi connectivity index (χ2n) is 7.25. The molecule has 7 nitrogen and oxygen atoms in total. The Balaban J connectivity index is 1.51. The van der Waals surface area contributed by atoms with Crippen molar-refractivity contribution >= 4 is 17.1 Å². The van der Waals surface area contributed by atoms with E-state index in [1.165, 1.54) is 4.90 Å². The van der Waals surface area contributed by atoms with Gasteiger partial charge in [0.15, 0.2) is 5.58 Å². The highest BCUT2D eigenvalue weighted by Crippen LogP contribution is 2.33. The lowest BCUT2D eigenvalue weighted by Gasteiger charge is -2.29. The van der Waals surface area contributed by atoms with Gasteiger partial charge < -0.3 is 19.6 Å². The predicted molar refractivity (Wildman–Crippen MR) is 104 cm³/mol. The minimum atomic E-state index is -0.832. The van der Waals surface area contributed by atoms with Crippen molar-refractivity contribution in [2.75, 3.05) is 13.1 Å². The smallest absolute Gasteiger partial charge is 0.407 e. The number of amides is 1. The van der Waals surface area contributed by atoms with Gasteiger partial charge in [-0.2, -0.15) is 0 Å². The van der Waals surface area contributed by atoms with Crippen LogP contribution in [0.5, 0.6) is 0 Å². The van der Waals surface area contributed by atoms with E-state index in [0.29, 0.717) is 24.6 Å². The lowest BCUT2D eigenvalue weighted by atomic mass is 9.91. The Hall–Kier alpha value is -2.93. The molecule has 0 bridgehead atoms. The molecule has 4 rings (SSSR count). The molecule has 1 fully saturated rings. The molecule has 1 amide bonds. The molecular formula is C21H23N3O4. The average molecular weight is 381 g/mol. The van der Waals surface area contributed by atoms with E-state index in [4.69, 9.17) is 9.63 Å². The number of fused-ring (bicyclic) bond motifs is 1.